The second-order valence-electron chi connectivity index (χ2n) is 5.76. The fourth-order valence-corrected chi connectivity index (χ4v) is 2.64. The molecule has 26 heavy (non-hydrogen) atoms. The van der Waals surface area contributed by atoms with Crippen LogP contribution in [-0.2, 0) is 10.9 Å². The Morgan fingerprint density at radius 2 is 1.92 bits per heavy atom. The lowest BCUT2D eigenvalue weighted by molar-refractivity contribution is -0.138. The maximum absolute atomic E-state index is 12.6. The molecule has 0 radical (unpaired) electrons. The van der Waals surface area contributed by atoms with Crippen molar-refractivity contribution in [1.29, 1.82) is 0 Å². The van der Waals surface area contributed by atoms with Crippen molar-refractivity contribution in [3.63, 3.8) is 0 Å². The van der Waals surface area contributed by atoms with E-state index >= 15 is 0 Å². The van der Waals surface area contributed by atoms with Crippen LogP contribution in [-0.4, -0.2) is 43.4 Å². The summed E-state index contributed by atoms with van der Waals surface area (Å²) in [5.41, 5.74) is 0.669. The average Bonchev–Trinajstić information content (AvgIpc) is 2.91. The van der Waals surface area contributed by atoms with E-state index in [1.54, 1.807) is 6.07 Å². The van der Waals surface area contributed by atoms with Crippen molar-refractivity contribution in [2.24, 2.45) is 0 Å². The fraction of sp³-hybridized carbons (Fsp3) is 0.412. The third-order valence-corrected chi connectivity index (χ3v) is 4.00. The number of alkyl halides is 3. The zero-order chi connectivity index (χ0) is 18.6. The van der Waals surface area contributed by atoms with Crippen LogP contribution in [0.1, 0.15) is 12.0 Å². The molecule has 1 saturated heterocycles. The first-order chi connectivity index (χ1) is 12.5. The molecule has 0 bridgehead atoms. The van der Waals surface area contributed by atoms with Gasteiger partial charge in [-0.2, -0.15) is 13.2 Å². The summed E-state index contributed by atoms with van der Waals surface area (Å²) in [7, 11) is 1.53. The highest BCUT2D eigenvalue weighted by molar-refractivity contribution is 5.68. The van der Waals surface area contributed by atoms with E-state index in [-0.39, 0.29) is 5.95 Å². The van der Waals surface area contributed by atoms with Crippen LogP contribution in [0.25, 0.3) is 0 Å². The number of methoxy groups -OCH3 is 1. The van der Waals surface area contributed by atoms with Gasteiger partial charge in [0.2, 0.25) is 5.95 Å². The lowest BCUT2D eigenvalue weighted by Gasteiger charge is -2.23. The molecule has 0 amide bonds. The molecule has 1 aliphatic heterocycles. The van der Waals surface area contributed by atoms with Gasteiger partial charge < -0.3 is 19.7 Å². The van der Waals surface area contributed by atoms with Gasteiger partial charge in [-0.25, -0.2) is 9.97 Å². The molecule has 1 aromatic heterocycles. The molecule has 0 aliphatic carbocycles. The predicted molar refractivity (Wildman–Crippen MR) is 91.0 cm³/mol. The van der Waals surface area contributed by atoms with Crippen LogP contribution in [0, 0.1) is 0 Å². The molecule has 6 nitrogen and oxygen atoms in total. The number of hydrogen-bond acceptors (Lipinski definition) is 6. The first-order valence-electron chi connectivity index (χ1n) is 8.14. The summed E-state index contributed by atoms with van der Waals surface area (Å²) < 4.78 is 48.6. The number of ether oxygens (including phenoxy) is 2. The average molecular weight is 368 g/mol. The molecule has 1 aromatic carbocycles. The van der Waals surface area contributed by atoms with E-state index in [1.807, 2.05) is 12.1 Å². The van der Waals surface area contributed by atoms with E-state index in [9.17, 15) is 13.2 Å². The molecule has 0 spiro atoms. The van der Waals surface area contributed by atoms with Crippen LogP contribution in [0.5, 0.6) is 5.75 Å². The van der Waals surface area contributed by atoms with E-state index in [2.05, 4.69) is 20.2 Å². The highest BCUT2D eigenvalue weighted by Crippen LogP contribution is 2.32. The van der Waals surface area contributed by atoms with Gasteiger partial charge in [0, 0.05) is 43.8 Å². The molecule has 140 valence electrons. The first-order valence-corrected chi connectivity index (χ1v) is 8.14. The maximum atomic E-state index is 12.6. The minimum atomic E-state index is -4.46. The number of rotatable bonds is 4. The lowest BCUT2D eigenvalue weighted by Crippen LogP contribution is -2.25. The summed E-state index contributed by atoms with van der Waals surface area (Å²) in [6.45, 7) is 3.09. The number of benzene rings is 1. The SMILES string of the molecule is COc1cc(N2CCCOCC2)ccc1Nc1ncc(C(F)(F)F)cn1. The number of halogens is 3. The molecule has 1 fully saturated rings. The Kier molecular flexibility index (Phi) is 5.46. The third-order valence-electron chi connectivity index (χ3n) is 4.00. The molecule has 9 heteroatoms. The van der Waals surface area contributed by atoms with Gasteiger partial charge in [0.15, 0.2) is 0 Å². The van der Waals surface area contributed by atoms with Crippen molar-refractivity contribution in [1.82, 2.24) is 9.97 Å². The second-order valence-corrected chi connectivity index (χ2v) is 5.76. The third kappa shape index (κ3) is 4.34. The molecule has 0 atom stereocenters. The number of aromatic nitrogens is 2. The molecule has 2 heterocycles. The van der Waals surface area contributed by atoms with Crippen molar-refractivity contribution in [2.75, 3.05) is 43.6 Å². The van der Waals surface area contributed by atoms with Crippen LogP contribution < -0.4 is 15.0 Å². The summed E-state index contributed by atoms with van der Waals surface area (Å²) in [5, 5.41) is 2.89. The van der Waals surface area contributed by atoms with Gasteiger partial charge in [-0.15, -0.1) is 0 Å². The highest BCUT2D eigenvalue weighted by Gasteiger charge is 2.31. The van der Waals surface area contributed by atoms with Gasteiger partial charge >= 0.3 is 6.18 Å². The van der Waals surface area contributed by atoms with Gasteiger partial charge in [0.25, 0.3) is 0 Å². The van der Waals surface area contributed by atoms with Gasteiger partial charge in [-0.3, -0.25) is 0 Å². The minimum Gasteiger partial charge on any atom is -0.494 e. The van der Waals surface area contributed by atoms with Crippen LogP contribution in [0.15, 0.2) is 30.6 Å². The Balaban J connectivity index is 1.77. The topological polar surface area (TPSA) is 59.5 Å². The van der Waals surface area contributed by atoms with Crippen LogP contribution >= 0.6 is 0 Å². The molecule has 3 rings (SSSR count). The van der Waals surface area contributed by atoms with E-state index in [0.29, 0.717) is 18.0 Å². The standard InChI is InChI=1S/C17H19F3N4O2/c1-25-15-9-13(24-5-2-7-26-8-6-24)3-4-14(15)23-16-21-10-12(11-22-16)17(18,19)20/h3-4,9-11H,2,5-8H2,1H3,(H,21,22,23). The molecule has 1 N–H and O–H groups in total. The maximum Gasteiger partial charge on any atom is 0.419 e. The summed E-state index contributed by atoms with van der Waals surface area (Å²) in [5.74, 6) is 0.614. The van der Waals surface area contributed by atoms with Gasteiger partial charge in [0.05, 0.1) is 25.0 Å². The second kappa shape index (κ2) is 7.77. The number of anilines is 3. The Morgan fingerprint density at radius 1 is 1.15 bits per heavy atom. The Hall–Kier alpha value is -2.55. The summed E-state index contributed by atoms with van der Waals surface area (Å²) in [6.07, 6.45) is -2.03. The molecule has 1 aliphatic rings. The van der Waals surface area contributed by atoms with Crippen molar-refractivity contribution in [2.45, 2.75) is 12.6 Å². The normalized spacial score (nSPS) is 15.5. The van der Waals surface area contributed by atoms with E-state index in [4.69, 9.17) is 9.47 Å². The van der Waals surface area contributed by atoms with Crippen LogP contribution in [0.4, 0.5) is 30.5 Å². The Morgan fingerprint density at radius 3 is 2.62 bits per heavy atom. The largest absolute Gasteiger partial charge is 0.494 e. The van der Waals surface area contributed by atoms with Crippen LogP contribution in [0.3, 0.4) is 0 Å². The lowest BCUT2D eigenvalue weighted by atomic mass is 10.2. The van der Waals surface area contributed by atoms with Crippen molar-refractivity contribution < 1.29 is 22.6 Å². The van der Waals surface area contributed by atoms with Gasteiger partial charge in [-0.05, 0) is 18.6 Å². The summed E-state index contributed by atoms with van der Waals surface area (Å²) >= 11 is 0. The zero-order valence-electron chi connectivity index (χ0n) is 14.2. The van der Waals surface area contributed by atoms with Gasteiger partial charge in [0.1, 0.15) is 5.75 Å². The molecular weight excluding hydrogens is 349 g/mol. The van der Waals surface area contributed by atoms with E-state index in [1.165, 1.54) is 7.11 Å². The molecule has 0 unspecified atom stereocenters. The van der Waals surface area contributed by atoms with E-state index < -0.39 is 11.7 Å². The van der Waals surface area contributed by atoms with Crippen molar-refractivity contribution in [3.05, 3.63) is 36.2 Å². The van der Waals surface area contributed by atoms with Crippen molar-refractivity contribution in [3.8, 4) is 5.75 Å². The molecular formula is C17H19F3N4O2. The predicted octanol–water partition coefficient (Wildman–Crippen LogP) is 3.47. The van der Waals surface area contributed by atoms with Gasteiger partial charge in [-0.1, -0.05) is 0 Å². The smallest absolute Gasteiger partial charge is 0.419 e. The number of hydrogen-bond donors (Lipinski definition) is 1. The number of nitrogens with zero attached hydrogens (tertiary/aromatic N) is 3. The van der Waals surface area contributed by atoms with Crippen LogP contribution in [0.2, 0.25) is 0 Å². The first kappa shape index (κ1) is 18.2. The van der Waals surface area contributed by atoms with Crippen molar-refractivity contribution >= 4 is 17.3 Å². The monoisotopic (exact) mass is 368 g/mol. The fourth-order valence-electron chi connectivity index (χ4n) is 2.64. The Labute approximate surface area is 149 Å². The quantitative estimate of drug-likeness (QED) is 0.892. The molecule has 2 aromatic rings. The Bertz CT molecular complexity index is 730. The van der Waals surface area contributed by atoms with E-state index in [0.717, 1.165) is 44.2 Å². The highest BCUT2D eigenvalue weighted by atomic mass is 19.4. The summed E-state index contributed by atoms with van der Waals surface area (Å²) in [6, 6.07) is 5.58. The number of nitrogens with one attached hydrogen (secondary N) is 1. The molecule has 0 saturated carbocycles. The zero-order valence-corrected chi connectivity index (χ0v) is 14.2. The summed E-state index contributed by atoms with van der Waals surface area (Å²) in [4.78, 5) is 9.63. The minimum absolute atomic E-state index is 0.0622.